The molecule has 188 valence electrons. The van der Waals surface area contributed by atoms with Crippen molar-refractivity contribution >= 4 is 50.9 Å². The van der Waals surface area contributed by atoms with E-state index in [0.29, 0.717) is 17.2 Å². The molecule has 4 rings (SSSR count). The zero-order chi connectivity index (χ0) is 25.9. The number of fused-ring (bicyclic) bond motifs is 1. The van der Waals surface area contributed by atoms with Crippen molar-refractivity contribution < 1.29 is 27.5 Å². The first kappa shape index (κ1) is 25.6. The Labute approximate surface area is 218 Å². The number of amides is 3. The van der Waals surface area contributed by atoms with Crippen LogP contribution in [0.5, 0.6) is 11.5 Å². The van der Waals surface area contributed by atoms with Crippen LogP contribution in [0.15, 0.2) is 71.6 Å². The maximum absolute atomic E-state index is 13.4. The van der Waals surface area contributed by atoms with E-state index in [4.69, 9.17) is 32.7 Å². The molecule has 2 N–H and O–H groups in total. The number of carbonyl (C=O) groups excluding carboxylic acids is 2. The Hall–Kier alpha value is -3.47. The first-order valence-corrected chi connectivity index (χ1v) is 12.9. The zero-order valence-corrected chi connectivity index (χ0v) is 21.2. The summed E-state index contributed by atoms with van der Waals surface area (Å²) in [5, 5.41) is 2.66. The summed E-state index contributed by atoms with van der Waals surface area (Å²) in [5.74, 6) is 0.573. The third kappa shape index (κ3) is 6.01. The molecular formula is C24H21Cl2N3O6S. The summed E-state index contributed by atoms with van der Waals surface area (Å²) in [6, 6.07) is 15.5. The maximum Gasteiger partial charge on any atom is 0.329 e. The van der Waals surface area contributed by atoms with Gasteiger partial charge in [-0.05, 0) is 35.9 Å². The zero-order valence-electron chi connectivity index (χ0n) is 18.9. The van der Waals surface area contributed by atoms with Gasteiger partial charge in [0.2, 0.25) is 12.7 Å². The van der Waals surface area contributed by atoms with Crippen molar-refractivity contribution in [3.63, 3.8) is 0 Å². The molecular weight excluding hydrogens is 529 g/mol. The summed E-state index contributed by atoms with van der Waals surface area (Å²) < 4.78 is 38.0. The number of hydrogen-bond donors (Lipinski definition) is 2. The van der Waals surface area contributed by atoms with Gasteiger partial charge >= 0.3 is 6.03 Å². The van der Waals surface area contributed by atoms with Gasteiger partial charge in [-0.1, -0.05) is 53.5 Å². The van der Waals surface area contributed by atoms with E-state index in [1.165, 1.54) is 11.0 Å². The highest BCUT2D eigenvalue weighted by Crippen LogP contribution is 2.35. The van der Waals surface area contributed by atoms with Crippen LogP contribution in [0.2, 0.25) is 10.0 Å². The Bertz CT molecular complexity index is 1380. The molecule has 0 saturated carbocycles. The predicted molar refractivity (Wildman–Crippen MR) is 135 cm³/mol. The Morgan fingerprint density at radius 3 is 2.33 bits per heavy atom. The van der Waals surface area contributed by atoms with Crippen molar-refractivity contribution in [1.29, 1.82) is 0 Å². The molecule has 0 spiro atoms. The number of ether oxygens (including phenoxy) is 2. The van der Waals surface area contributed by atoms with Gasteiger partial charge < -0.3 is 19.7 Å². The molecule has 0 unspecified atom stereocenters. The largest absolute Gasteiger partial charge is 0.454 e. The number of halogens is 2. The van der Waals surface area contributed by atoms with E-state index in [9.17, 15) is 18.0 Å². The molecule has 1 atom stereocenters. The highest BCUT2D eigenvalue weighted by Gasteiger charge is 2.28. The van der Waals surface area contributed by atoms with Crippen LogP contribution in [0.1, 0.15) is 5.56 Å². The van der Waals surface area contributed by atoms with Gasteiger partial charge in [0.25, 0.3) is 10.0 Å². The van der Waals surface area contributed by atoms with Crippen LogP contribution in [0.25, 0.3) is 0 Å². The van der Waals surface area contributed by atoms with Crippen LogP contribution in [0.3, 0.4) is 0 Å². The van der Waals surface area contributed by atoms with E-state index in [-0.39, 0.29) is 28.2 Å². The van der Waals surface area contributed by atoms with Crippen LogP contribution >= 0.6 is 23.2 Å². The first-order chi connectivity index (χ1) is 17.1. The highest BCUT2D eigenvalue weighted by molar-refractivity contribution is 7.90. The quantitative estimate of drug-likeness (QED) is 0.460. The van der Waals surface area contributed by atoms with Crippen molar-refractivity contribution in [1.82, 2.24) is 10.0 Å². The summed E-state index contributed by atoms with van der Waals surface area (Å²) in [5.41, 5.74) is 1.27. The SMILES string of the molecule is CN(C(=O)[C@H](Cc1ccccc1)NC(=O)NS(=O)(=O)c1cc(Cl)cc(Cl)c1)c1ccc2c(c1)OCO2. The van der Waals surface area contributed by atoms with Crippen molar-refractivity contribution in [2.45, 2.75) is 17.4 Å². The number of sulfonamides is 1. The second kappa shape index (κ2) is 10.7. The number of nitrogens with one attached hydrogen (secondary N) is 2. The minimum Gasteiger partial charge on any atom is -0.454 e. The monoisotopic (exact) mass is 549 g/mol. The highest BCUT2D eigenvalue weighted by atomic mass is 35.5. The molecule has 0 radical (unpaired) electrons. The molecule has 0 bridgehead atoms. The minimum atomic E-state index is -4.31. The van der Waals surface area contributed by atoms with Gasteiger partial charge in [-0.15, -0.1) is 0 Å². The molecule has 1 heterocycles. The van der Waals surface area contributed by atoms with Crippen LogP contribution in [0, 0.1) is 0 Å². The van der Waals surface area contributed by atoms with Crippen molar-refractivity contribution in [2.24, 2.45) is 0 Å². The fraction of sp³-hybridized carbons (Fsp3) is 0.167. The lowest BCUT2D eigenvalue weighted by Gasteiger charge is -2.25. The number of benzene rings is 3. The smallest absolute Gasteiger partial charge is 0.329 e. The second-order valence-electron chi connectivity index (χ2n) is 7.86. The normalized spacial score (nSPS) is 13.1. The molecule has 3 amide bonds. The summed E-state index contributed by atoms with van der Waals surface area (Å²) in [6.07, 6.45) is 0.116. The van der Waals surface area contributed by atoms with Crippen molar-refractivity contribution in [2.75, 3.05) is 18.7 Å². The topological polar surface area (TPSA) is 114 Å². The third-order valence-electron chi connectivity index (χ3n) is 5.33. The molecule has 0 fully saturated rings. The first-order valence-electron chi connectivity index (χ1n) is 10.6. The van der Waals surface area contributed by atoms with Gasteiger partial charge in [0, 0.05) is 35.3 Å². The second-order valence-corrected chi connectivity index (χ2v) is 10.4. The van der Waals surface area contributed by atoms with Crippen LogP contribution < -0.4 is 24.4 Å². The molecule has 9 nitrogen and oxygen atoms in total. The number of hydrogen-bond acceptors (Lipinski definition) is 6. The Kier molecular flexibility index (Phi) is 7.58. The fourth-order valence-electron chi connectivity index (χ4n) is 3.56. The lowest BCUT2D eigenvalue weighted by atomic mass is 10.0. The maximum atomic E-state index is 13.4. The van der Waals surface area contributed by atoms with Gasteiger partial charge in [-0.3, -0.25) is 4.79 Å². The summed E-state index contributed by atoms with van der Waals surface area (Å²) in [7, 11) is -2.77. The summed E-state index contributed by atoms with van der Waals surface area (Å²) in [6.45, 7) is 0.0844. The summed E-state index contributed by atoms with van der Waals surface area (Å²) >= 11 is 11.8. The average Bonchev–Trinajstić information content (AvgIpc) is 3.30. The molecule has 36 heavy (non-hydrogen) atoms. The van der Waals surface area contributed by atoms with Gasteiger partial charge in [0.05, 0.1) is 4.90 Å². The van der Waals surface area contributed by atoms with E-state index in [1.807, 2.05) is 10.8 Å². The molecule has 12 heteroatoms. The fourth-order valence-corrected chi connectivity index (χ4v) is 5.20. The van der Waals surface area contributed by atoms with Gasteiger partial charge in [0.1, 0.15) is 6.04 Å². The number of carbonyl (C=O) groups is 2. The van der Waals surface area contributed by atoms with Gasteiger partial charge in [-0.2, -0.15) is 0 Å². The average molecular weight is 550 g/mol. The molecule has 0 saturated heterocycles. The predicted octanol–water partition coefficient (Wildman–Crippen LogP) is 3.98. The molecule has 3 aromatic rings. The molecule has 1 aliphatic heterocycles. The van der Waals surface area contributed by atoms with Gasteiger partial charge in [-0.25, -0.2) is 17.9 Å². The van der Waals surface area contributed by atoms with Crippen molar-refractivity contribution in [3.8, 4) is 11.5 Å². The number of likely N-dealkylation sites (N-methyl/N-ethyl adjacent to an activating group) is 1. The number of nitrogens with zero attached hydrogens (tertiary/aromatic N) is 1. The van der Waals surface area contributed by atoms with E-state index >= 15 is 0 Å². The van der Waals surface area contributed by atoms with E-state index < -0.39 is 28.0 Å². The standard InChI is InChI=1S/C24H21Cl2N3O6S/c1-29(18-7-8-21-22(13-18)35-14-34-21)23(30)20(9-15-5-3-2-4-6-15)27-24(31)28-36(32,33)19-11-16(25)10-17(26)12-19/h2-8,10-13,20H,9,14H2,1H3,(H2,27,28,31)/t20-/m0/s1. The van der Waals surface area contributed by atoms with E-state index in [2.05, 4.69) is 5.32 Å². The molecule has 3 aromatic carbocycles. The van der Waals surface area contributed by atoms with Crippen LogP contribution in [0.4, 0.5) is 10.5 Å². The van der Waals surface area contributed by atoms with E-state index in [0.717, 1.165) is 17.7 Å². The Balaban J connectivity index is 1.55. The number of urea groups is 1. The molecule has 0 aliphatic carbocycles. The van der Waals surface area contributed by atoms with Crippen molar-refractivity contribution in [3.05, 3.63) is 82.3 Å². The third-order valence-corrected chi connectivity index (χ3v) is 7.08. The summed E-state index contributed by atoms with van der Waals surface area (Å²) in [4.78, 5) is 27.2. The Morgan fingerprint density at radius 1 is 0.972 bits per heavy atom. The Morgan fingerprint density at radius 2 is 1.64 bits per heavy atom. The lowest BCUT2D eigenvalue weighted by Crippen LogP contribution is -2.52. The number of rotatable bonds is 7. The van der Waals surface area contributed by atoms with Crippen LogP contribution in [-0.4, -0.2) is 40.2 Å². The van der Waals surface area contributed by atoms with Gasteiger partial charge in [0.15, 0.2) is 11.5 Å². The molecule has 1 aliphatic rings. The number of anilines is 1. The van der Waals surface area contributed by atoms with E-state index in [1.54, 1.807) is 49.5 Å². The lowest BCUT2D eigenvalue weighted by molar-refractivity contribution is -0.120. The minimum absolute atomic E-state index is 0.0844. The van der Waals surface area contributed by atoms with Crippen LogP contribution in [-0.2, 0) is 21.2 Å². The molecule has 0 aromatic heterocycles.